The molecule has 5 nitrogen and oxygen atoms in total. The zero-order chi connectivity index (χ0) is 15.1. The van der Waals surface area contributed by atoms with Gasteiger partial charge in [0, 0.05) is 18.0 Å². The zero-order valence-corrected chi connectivity index (χ0v) is 12.1. The molecule has 0 saturated carbocycles. The van der Waals surface area contributed by atoms with Crippen molar-refractivity contribution in [2.24, 2.45) is 0 Å². The van der Waals surface area contributed by atoms with E-state index in [1.54, 1.807) is 12.1 Å². The summed E-state index contributed by atoms with van der Waals surface area (Å²) in [4.78, 5) is 15.5. The summed E-state index contributed by atoms with van der Waals surface area (Å²) in [7, 11) is 1.35. The van der Waals surface area contributed by atoms with Crippen molar-refractivity contribution in [1.82, 2.24) is 4.98 Å². The van der Waals surface area contributed by atoms with E-state index in [4.69, 9.17) is 4.74 Å². The second-order valence-corrected chi connectivity index (χ2v) is 4.34. The molecule has 0 aliphatic rings. The summed E-state index contributed by atoms with van der Waals surface area (Å²) in [5, 5.41) is 3.26. The minimum Gasteiger partial charge on any atom is -0.494 e. The van der Waals surface area contributed by atoms with Crippen LogP contribution >= 0.6 is 0 Å². The molecule has 0 fully saturated rings. The van der Waals surface area contributed by atoms with Crippen LogP contribution < -0.4 is 10.1 Å². The van der Waals surface area contributed by atoms with Crippen molar-refractivity contribution >= 4 is 11.7 Å². The third-order valence-electron chi connectivity index (χ3n) is 2.86. The minimum atomic E-state index is -0.383. The fraction of sp³-hybridized carbons (Fsp3) is 0.250. The normalized spacial score (nSPS) is 10.0. The Labute approximate surface area is 123 Å². The SMILES string of the molecule is CCOc1cccc(NCc2ccc(C(=O)OC)cn2)c1. The summed E-state index contributed by atoms with van der Waals surface area (Å²) in [6, 6.07) is 11.2. The minimum absolute atomic E-state index is 0.383. The number of rotatable bonds is 6. The quantitative estimate of drug-likeness (QED) is 0.827. The van der Waals surface area contributed by atoms with E-state index in [9.17, 15) is 4.79 Å². The van der Waals surface area contributed by atoms with E-state index in [0.717, 1.165) is 17.1 Å². The van der Waals surface area contributed by atoms with Crippen LogP contribution in [0.1, 0.15) is 23.0 Å². The average Bonchev–Trinajstić information content (AvgIpc) is 2.53. The summed E-state index contributed by atoms with van der Waals surface area (Å²) in [5.74, 6) is 0.447. The maximum atomic E-state index is 11.3. The van der Waals surface area contributed by atoms with Crippen molar-refractivity contribution in [3.63, 3.8) is 0 Å². The fourth-order valence-corrected chi connectivity index (χ4v) is 1.82. The van der Waals surface area contributed by atoms with Crippen LogP contribution in [0.25, 0.3) is 0 Å². The number of nitrogens with zero attached hydrogens (tertiary/aromatic N) is 1. The van der Waals surface area contributed by atoms with E-state index in [-0.39, 0.29) is 5.97 Å². The largest absolute Gasteiger partial charge is 0.494 e. The summed E-state index contributed by atoms with van der Waals surface area (Å²) < 4.78 is 10.1. The number of nitrogens with one attached hydrogen (secondary N) is 1. The molecule has 110 valence electrons. The molecule has 0 amide bonds. The summed E-state index contributed by atoms with van der Waals surface area (Å²) >= 11 is 0. The van der Waals surface area contributed by atoms with E-state index in [1.807, 2.05) is 31.2 Å². The molecule has 2 rings (SSSR count). The molecule has 5 heteroatoms. The lowest BCUT2D eigenvalue weighted by Gasteiger charge is -2.09. The van der Waals surface area contributed by atoms with Crippen LogP contribution in [0.2, 0.25) is 0 Å². The predicted octanol–water partition coefficient (Wildman–Crippen LogP) is 2.88. The number of esters is 1. The van der Waals surface area contributed by atoms with Gasteiger partial charge in [-0.05, 0) is 31.2 Å². The number of aromatic nitrogens is 1. The maximum Gasteiger partial charge on any atom is 0.339 e. The van der Waals surface area contributed by atoms with Gasteiger partial charge in [0.05, 0.1) is 31.5 Å². The lowest BCUT2D eigenvalue weighted by atomic mass is 10.2. The van der Waals surface area contributed by atoms with Gasteiger partial charge >= 0.3 is 5.97 Å². The topological polar surface area (TPSA) is 60.5 Å². The molecule has 0 unspecified atom stereocenters. The van der Waals surface area contributed by atoms with Gasteiger partial charge in [-0.2, -0.15) is 0 Å². The van der Waals surface area contributed by atoms with Crippen molar-refractivity contribution in [3.05, 3.63) is 53.9 Å². The van der Waals surface area contributed by atoms with E-state index >= 15 is 0 Å². The summed E-state index contributed by atoms with van der Waals surface area (Å²) in [6.45, 7) is 3.16. The molecule has 1 aromatic heterocycles. The van der Waals surface area contributed by atoms with Gasteiger partial charge in [-0.3, -0.25) is 4.98 Å². The Morgan fingerprint density at radius 1 is 1.29 bits per heavy atom. The van der Waals surface area contributed by atoms with Crippen molar-refractivity contribution in [2.75, 3.05) is 19.0 Å². The van der Waals surface area contributed by atoms with E-state index in [2.05, 4.69) is 15.0 Å². The Bertz CT molecular complexity index is 597. The molecule has 2 aromatic rings. The predicted molar refractivity (Wildman–Crippen MR) is 80.5 cm³/mol. The Balaban J connectivity index is 1.96. The Kier molecular flexibility index (Phi) is 5.15. The van der Waals surface area contributed by atoms with Crippen LogP contribution in [0.5, 0.6) is 5.75 Å². The molecule has 0 aliphatic carbocycles. The summed E-state index contributed by atoms with van der Waals surface area (Å²) in [5.41, 5.74) is 2.24. The number of methoxy groups -OCH3 is 1. The van der Waals surface area contributed by atoms with Crippen LogP contribution in [-0.2, 0) is 11.3 Å². The highest BCUT2D eigenvalue weighted by molar-refractivity contribution is 5.88. The third-order valence-corrected chi connectivity index (χ3v) is 2.86. The van der Waals surface area contributed by atoms with Crippen LogP contribution in [0.4, 0.5) is 5.69 Å². The van der Waals surface area contributed by atoms with Gasteiger partial charge in [-0.15, -0.1) is 0 Å². The molecule has 0 spiro atoms. The number of hydrogen-bond donors (Lipinski definition) is 1. The Morgan fingerprint density at radius 3 is 2.81 bits per heavy atom. The van der Waals surface area contributed by atoms with Gasteiger partial charge in [-0.25, -0.2) is 4.79 Å². The van der Waals surface area contributed by atoms with E-state index < -0.39 is 0 Å². The van der Waals surface area contributed by atoms with Gasteiger partial charge in [0.2, 0.25) is 0 Å². The van der Waals surface area contributed by atoms with Crippen molar-refractivity contribution in [2.45, 2.75) is 13.5 Å². The number of pyridine rings is 1. The molecular formula is C16H18N2O3. The first kappa shape index (κ1) is 14.8. The second-order valence-electron chi connectivity index (χ2n) is 4.34. The van der Waals surface area contributed by atoms with Crippen molar-refractivity contribution in [3.8, 4) is 5.75 Å². The fourth-order valence-electron chi connectivity index (χ4n) is 1.82. The van der Waals surface area contributed by atoms with Gasteiger partial charge in [0.25, 0.3) is 0 Å². The first-order chi connectivity index (χ1) is 10.2. The molecule has 1 heterocycles. The second kappa shape index (κ2) is 7.28. The average molecular weight is 286 g/mol. The lowest BCUT2D eigenvalue weighted by Crippen LogP contribution is -2.05. The standard InChI is InChI=1S/C16H18N2O3/c1-3-21-15-6-4-5-13(9-15)18-11-14-8-7-12(10-17-14)16(19)20-2/h4-10,18H,3,11H2,1-2H3. The molecule has 0 atom stereocenters. The molecule has 1 N–H and O–H groups in total. The van der Waals surface area contributed by atoms with Crippen LogP contribution in [0.3, 0.4) is 0 Å². The number of benzene rings is 1. The molecular weight excluding hydrogens is 268 g/mol. The highest BCUT2D eigenvalue weighted by atomic mass is 16.5. The van der Waals surface area contributed by atoms with Crippen molar-refractivity contribution in [1.29, 1.82) is 0 Å². The smallest absolute Gasteiger partial charge is 0.339 e. The van der Waals surface area contributed by atoms with E-state index in [1.165, 1.54) is 13.3 Å². The van der Waals surface area contributed by atoms with Gasteiger partial charge < -0.3 is 14.8 Å². The first-order valence-corrected chi connectivity index (χ1v) is 6.73. The van der Waals surface area contributed by atoms with Gasteiger partial charge in [0.15, 0.2) is 0 Å². The lowest BCUT2D eigenvalue weighted by molar-refractivity contribution is 0.0600. The van der Waals surface area contributed by atoms with Crippen LogP contribution in [0.15, 0.2) is 42.6 Å². The number of anilines is 1. The number of carbonyl (C=O) groups excluding carboxylic acids is 1. The molecule has 0 aliphatic heterocycles. The highest BCUT2D eigenvalue weighted by Crippen LogP contribution is 2.17. The monoisotopic (exact) mass is 286 g/mol. The number of carbonyl (C=O) groups is 1. The van der Waals surface area contributed by atoms with Crippen LogP contribution in [-0.4, -0.2) is 24.7 Å². The first-order valence-electron chi connectivity index (χ1n) is 6.73. The number of ether oxygens (including phenoxy) is 2. The third kappa shape index (κ3) is 4.21. The highest BCUT2D eigenvalue weighted by Gasteiger charge is 2.05. The molecule has 0 bridgehead atoms. The maximum absolute atomic E-state index is 11.3. The van der Waals surface area contributed by atoms with Gasteiger partial charge in [-0.1, -0.05) is 6.07 Å². The molecule has 21 heavy (non-hydrogen) atoms. The number of hydrogen-bond acceptors (Lipinski definition) is 5. The zero-order valence-electron chi connectivity index (χ0n) is 12.1. The Hall–Kier alpha value is -2.56. The van der Waals surface area contributed by atoms with Gasteiger partial charge in [0.1, 0.15) is 5.75 Å². The van der Waals surface area contributed by atoms with E-state index in [0.29, 0.717) is 18.7 Å². The molecule has 0 radical (unpaired) electrons. The van der Waals surface area contributed by atoms with Crippen LogP contribution in [0, 0.1) is 0 Å². The molecule has 1 aromatic carbocycles. The van der Waals surface area contributed by atoms with Crippen molar-refractivity contribution < 1.29 is 14.3 Å². The Morgan fingerprint density at radius 2 is 2.14 bits per heavy atom. The molecule has 0 saturated heterocycles. The summed E-state index contributed by atoms with van der Waals surface area (Å²) in [6.07, 6.45) is 1.51.